The van der Waals surface area contributed by atoms with Crippen molar-refractivity contribution in [3.8, 4) is 0 Å². The molecular weight excluding hydrogens is 605 g/mol. The number of rotatable bonds is 0. The average Bonchev–Trinajstić information content (AvgIpc) is 0. The van der Waals surface area contributed by atoms with Crippen LogP contribution in [0.2, 0.25) is 0 Å². The van der Waals surface area contributed by atoms with Gasteiger partial charge in [0.2, 0.25) is 0 Å². The Morgan fingerprint density at radius 2 is 1.17 bits per heavy atom. The SMILES string of the molecule is [AlH3].[Ba+2].[Cd].[Fe].[H-].[H-].[PbH2].[Zn]. The molecule has 0 atom stereocenters. The minimum absolute atomic E-state index is 0. The third-order valence-corrected chi connectivity index (χ3v) is 0. The zero-order valence-corrected chi connectivity index (χ0v) is 21.2. The molecule has 0 nitrogen and oxygen atoms in total. The van der Waals surface area contributed by atoms with Crippen molar-refractivity contribution >= 4 is 93.5 Å². The largest absolute Gasteiger partial charge is 0 e. The van der Waals surface area contributed by atoms with Crippen LogP contribution >= 0.6 is 0 Å². The van der Waals surface area contributed by atoms with Crippen LogP contribution in [0.25, 0.3) is 0 Å². The second kappa shape index (κ2) is 32.2. The molecule has 0 aliphatic heterocycles. The van der Waals surface area contributed by atoms with Crippen LogP contribution in [0.1, 0.15) is 2.85 Å². The van der Waals surface area contributed by atoms with Crippen LogP contribution in [-0.2, 0) is 63.8 Å². The second-order valence-corrected chi connectivity index (χ2v) is 0. The van der Waals surface area contributed by atoms with Crippen LogP contribution in [0.15, 0.2) is 0 Å². The summed E-state index contributed by atoms with van der Waals surface area (Å²) in [5.41, 5.74) is 0. The molecule has 0 amide bonds. The molecule has 6 heteroatoms. The minimum atomic E-state index is 0. The molecule has 0 saturated carbocycles. The van der Waals surface area contributed by atoms with Gasteiger partial charge in [0.1, 0.15) is 0 Å². The molecule has 0 aliphatic carbocycles. The van der Waals surface area contributed by atoms with Gasteiger partial charge in [0, 0.05) is 63.8 Å². The first-order chi connectivity index (χ1) is 0. The maximum Gasteiger partial charge on any atom is 0 e. The first kappa shape index (κ1) is 43.6. The van der Waals surface area contributed by atoms with Gasteiger partial charge in [-0.25, -0.2) is 0 Å². The second-order valence-electron chi connectivity index (χ2n) is 0. The number of hydrogen-bond acceptors (Lipinski definition) is 0. The first-order valence-corrected chi connectivity index (χ1v) is 0. The molecule has 0 aromatic heterocycles. The Labute approximate surface area is 156 Å². The fourth-order valence-electron chi connectivity index (χ4n) is 0. The molecule has 0 aromatic carbocycles. The van der Waals surface area contributed by atoms with E-state index in [2.05, 4.69) is 0 Å². The summed E-state index contributed by atoms with van der Waals surface area (Å²) in [5.74, 6) is 0. The van der Waals surface area contributed by atoms with E-state index < -0.39 is 0 Å². The molecule has 0 aromatic rings. The molecule has 6 heavy (non-hydrogen) atoms. The molecule has 2 radical (unpaired) electrons. The minimum Gasteiger partial charge on any atom is 0 e. The molecule has 0 saturated heterocycles. The summed E-state index contributed by atoms with van der Waals surface area (Å²) in [6.07, 6.45) is 0. The van der Waals surface area contributed by atoms with Crippen molar-refractivity contribution < 1.29 is 66.7 Å². The van der Waals surface area contributed by atoms with Crippen LogP contribution < -0.4 is 0 Å². The van der Waals surface area contributed by atoms with Gasteiger partial charge in [-0.2, -0.15) is 0 Å². The Morgan fingerprint density at radius 3 is 1.17 bits per heavy atom. The normalized spacial score (nSPS) is 0. The third kappa shape index (κ3) is 23.0. The summed E-state index contributed by atoms with van der Waals surface area (Å²) < 4.78 is 0. The Balaban J connectivity index is 0. The van der Waals surface area contributed by atoms with E-state index in [1.165, 1.54) is 0 Å². The first-order valence-electron chi connectivity index (χ1n) is 0. The molecule has 0 aliphatic rings. The molecule has 28 valence electrons. The van der Waals surface area contributed by atoms with E-state index in [4.69, 9.17) is 0 Å². The van der Waals surface area contributed by atoms with E-state index in [0.29, 0.717) is 0 Å². The Kier molecular flexibility index (Phi) is 234. The molecule has 0 rings (SSSR count). The smallest absolute Gasteiger partial charge is 0 e. The van der Waals surface area contributed by atoms with Gasteiger partial charge in [0.25, 0.3) is 0 Å². The fraction of sp³-hybridized carbons (Fsp3) is 0. The molecule has 0 fully saturated rings. The van der Waals surface area contributed by atoms with Gasteiger partial charge in [-0.05, 0) is 0 Å². The topological polar surface area (TPSA) is 0 Å². The maximum absolute atomic E-state index is 0. The van der Waals surface area contributed by atoms with Gasteiger partial charge in [0.05, 0.1) is 0 Å². The third-order valence-electron chi connectivity index (χ3n) is 0. The number of hydrogen-bond donors (Lipinski definition) is 0. The van der Waals surface area contributed by atoms with Crippen molar-refractivity contribution in [2.75, 3.05) is 0 Å². The molecule has 0 bridgehead atoms. The monoisotopic (exact) mass is 614 g/mol. The van der Waals surface area contributed by atoms with E-state index in [1.807, 2.05) is 0 Å². The average molecular weight is 612 g/mol. The van der Waals surface area contributed by atoms with Gasteiger partial charge in [-0.1, -0.05) is 0 Å². The molecule has 0 heterocycles. The summed E-state index contributed by atoms with van der Waals surface area (Å²) in [6.45, 7) is 0. The van der Waals surface area contributed by atoms with Gasteiger partial charge in [-0.3, -0.25) is 0 Å². The quantitative estimate of drug-likeness (QED) is 0.272. The summed E-state index contributed by atoms with van der Waals surface area (Å²) in [4.78, 5) is 0. The molecule has 0 spiro atoms. The molecular formula is H7AlBaCdFePbZn. The van der Waals surface area contributed by atoms with E-state index in [-0.39, 0.29) is 160 Å². The zero-order chi connectivity index (χ0) is 0. The van der Waals surface area contributed by atoms with Crippen molar-refractivity contribution in [1.29, 1.82) is 0 Å². The van der Waals surface area contributed by atoms with Crippen molar-refractivity contribution in [2.24, 2.45) is 0 Å². The van der Waals surface area contributed by atoms with E-state index in [0.717, 1.165) is 0 Å². The van der Waals surface area contributed by atoms with Crippen LogP contribution in [0, 0.1) is 0 Å². The van der Waals surface area contributed by atoms with Crippen LogP contribution in [-0.4, -0.2) is 93.5 Å². The zero-order valence-electron chi connectivity index (χ0n) is 5.18. The molecule has 0 unspecified atom stereocenters. The fourth-order valence-corrected chi connectivity index (χ4v) is 0. The molecule has 0 N–H and O–H groups in total. The van der Waals surface area contributed by atoms with Crippen LogP contribution in [0.4, 0.5) is 0 Å². The maximum atomic E-state index is 0. The summed E-state index contributed by atoms with van der Waals surface area (Å²) in [7, 11) is 0. The van der Waals surface area contributed by atoms with Gasteiger partial charge in [-0.15, -0.1) is 0 Å². The van der Waals surface area contributed by atoms with Gasteiger partial charge >= 0.3 is 76.2 Å². The summed E-state index contributed by atoms with van der Waals surface area (Å²) in [5, 5.41) is 0. The van der Waals surface area contributed by atoms with Crippen molar-refractivity contribution in [2.45, 2.75) is 0 Å². The standard InChI is InChI=1S/Al.Ba.Cd.Fe.Pb.Zn.7H/q;+2;;;;;;;;;;2*-1. The van der Waals surface area contributed by atoms with Gasteiger partial charge in [0.15, 0.2) is 17.4 Å². The van der Waals surface area contributed by atoms with Crippen LogP contribution in [0.5, 0.6) is 0 Å². The van der Waals surface area contributed by atoms with Crippen LogP contribution in [0.3, 0.4) is 0 Å². The Hall–Kier alpha value is 5.09. The van der Waals surface area contributed by atoms with E-state index in [1.54, 1.807) is 0 Å². The Bertz CT molecular complexity index is 22.0. The predicted molar refractivity (Wildman–Crippen MR) is 26.5 cm³/mol. The van der Waals surface area contributed by atoms with Crippen molar-refractivity contribution in [1.82, 2.24) is 0 Å². The summed E-state index contributed by atoms with van der Waals surface area (Å²) in [6, 6.07) is 0. The van der Waals surface area contributed by atoms with Crippen molar-refractivity contribution in [3.05, 3.63) is 0 Å². The van der Waals surface area contributed by atoms with Gasteiger partial charge < -0.3 is 2.85 Å². The van der Waals surface area contributed by atoms with E-state index in [9.17, 15) is 0 Å². The van der Waals surface area contributed by atoms with E-state index >= 15 is 0 Å². The van der Waals surface area contributed by atoms with Crippen molar-refractivity contribution in [3.63, 3.8) is 0 Å². The summed E-state index contributed by atoms with van der Waals surface area (Å²) >= 11 is 0. The predicted octanol–water partition coefficient (Wildman–Crippen LogP) is -2.26. The Morgan fingerprint density at radius 1 is 1.17 bits per heavy atom.